The third-order valence-electron chi connectivity index (χ3n) is 4.61. The first kappa shape index (κ1) is 14.8. The second-order valence-electron chi connectivity index (χ2n) is 6.28. The van der Waals surface area contributed by atoms with Gasteiger partial charge in [0.2, 0.25) is 0 Å². The van der Waals surface area contributed by atoms with Crippen molar-refractivity contribution in [3.63, 3.8) is 0 Å². The van der Waals surface area contributed by atoms with Crippen LogP contribution in [0, 0.1) is 6.92 Å². The Bertz CT molecular complexity index is 716. The smallest absolute Gasteiger partial charge is 0.272 e. The van der Waals surface area contributed by atoms with E-state index in [2.05, 4.69) is 24.8 Å². The van der Waals surface area contributed by atoms with Gasteiger partial charge >= 0.3 is 0 Å². The first-order chi connectivity index (χ1) is 11.2. The summed E-state index contributed by atoms with van der Waals surface area (Å²) in [5, 5.41) is 3.23. The molecule has 0 saturated carbocycles. The highest BCUT2D eigenvalue weighted by Gasteiger charge is 2.27. The molecule has 1 amide bonds. The second kappa shape index (κ2) is 6.05. The molecule has 7 heteroatoms. The van der Waals surface area contributed by atoms with Crippen LogP contribution in [0.5, 0.6) is 0 Å². The lowest BCUT2D eigenvalue weighted by molar-refractivity contribution is 0.0777. The van der Waals surface area contributed by atoms with Gasteiger partial charge in [0.25, 0.3) is 5.91 Å². The number of amides is 1. The second-order valence-corrected chi connectivity index (χ2v) is 7.34. The van der Waals surface area contributed by atoms with Gasteiger partial charge in [-0.15, -0.1) is 11.3 Å². The number of aryl methyl sites for hydroxylation is 1. The summed E-state index contributed by atoms with van der Waals surface area (Å²) >= 11 is 1.69. The van der Waals surface area contributed by atoms with E-state index in [1.54, 1.807) is 17.5 Å². The molecule has 0 aromatic carbocycles. The largest absolute Gasteiger partial charge is 0.337 e. The lowest BCUT2D eigenvalue weighted by atomic mass is 10.3. The number of carbonyl (C=O) groups is 1. The van der Waals surface area contributed by atoms with Crippen molar-refractivity contribution in [2.24, 2.45) is 0 Å². The molecule has 1 saturated heterocycles. The van der Waals surface area contributed by atoms with Gasteiger partial charge in [0.05, 0.1) is 23.4 Å². The highest BCUT2D eigenvalue weighted by molar-refractivity contribution is 7.09. The van der Waals surface area contributed by atoms with Gasteiger partial charge < -0.3 is 9.47 Å². The summed E-state index contributed by atoms with van der Waals surface area (Å²) in [6.07, 6.45) is 3.99. The molecule has 0 radical (unpaired) electrons. The maximum atomic E-state index is 12.6. The number of hydrogen-bond donors (Lipinski definition) is 0. The molecular formula is C16H21N5OS. The SMILES string of the molecule is Cc1nc(CN2CCn3c(C(=O)N4CCCC4)cnc3C2)cs1. The molecule has 122 valence electrons. The van der Waals surface area contributed by atoms with E-state index in [0.717, 1.165) is 74.3 Å². The van der Waals surface area contributed by atoms with Gasteiger partial charge in [-0.2, -0.15) is 0 Å². The van der Waals surface area contributed by atoms with Crippen molar-refractivity contribution < 1.29 is 4.79 Å². The molecule has 2 aromatic rings. The quantitative estimate of drug-likeness (QED) is 0.862. The van der Waals surface area contributed by atoms with Crippen molar-refractivity contribution in [3.05, 3.63) is 33.8 Å². The fraction of sp³-hybridized carbons (Fsp3) is 0.562. The normalized spacial score (nSPS) is 18.4. The summed E-state index contributed by atoms with van der Waals surface area (Å²) in [5.74, 6) is 1.13. The Hall–Kier alpha value is -1.73. The minimum absolute atomic E-state index is 0.143. The molecule has 4 rings (SSSR count). The van der Waals surface area contributed by atoms with E-state index in [0.29, 0.717) is 0 Å². The number of thiazole rings is 1. The number of aromatic nitrogens is 3. The maximum Gasteiger partial charge on any atom is 0.272 e. The summed E-state index contributed by atoms with van der Waals surface area (Å²) in [5.41, 5.74) is 1.88. The summed E-state index contributed by atoms with van der Waals surface area (Å²) in [6, 6.07) is 0. The van der Waals surface area contributed by atoms with Gasteiger partial charge in [-0.3, -0.25) is 9.69 Å². The van der Waals surface area contributed by atoms with Crippen LogP contribution < -0.4 is 0 Å². The highest BCUT2D eigenvalue weighted by Crippen LogP contribution is 2.20. The number of nitrogens with zero attached hydrogens (tertiary/aromatic N) is 5. The van der Waals surface area contributed by atoms with Crippen molar-refractivity contribution in [1.82, 2.24) is 24.3 Å². The predicted octanol–water partition coefficient (Wildman–Crippen LogP) is 1.90. The fourth-order valence-corrected chi connectivity index (χ4v) is 4.01. The standard InChI is InChI=1S/C16H21N5OS/c1-12-18-13(11-23-12)9-19-6-7-21-14(8-17-15(21)10-19)16(22)20-4-2-3-5-20/h8,11H,2-7,9-10H2,1H3. The van der Waals surface area contributed by atoms with E-state index in [9.17, 15) is 4.79 Å². The molecule has 1 fully saturated rings. The Morgan fingerprint density at radius 3 is 2.83 bits per heavy atom. The van der Waals surface area contributed by atoms with Gasteiger partial charge in [0, 0.05) is 38.1 Å². The molecule has 0 atom stereocenters. The number of hydrogen-bond acceptors (Lipinski definition) is 5. The van der Waals surface area contributed by atoms with E-state index in [1.807, 2.05) is 11.8 Å². The van der Waals surface area contributed by atoms with E-state index in [-0.39, 0.29) is 5.91 Å². The zero-order valence-corrected chi connectivity index (χ0v) is 14.2. The predicted molar refractivity (Wildman–Crippen MR) is 88.3 cm³/mol. The van der Waals surface area contributed by atoms with Gasteiger partial charge in [-0.05, 0) is 19.8 Å². The summed E-state index contributed by atoms with van der Waals surface area (Å²) in [6.45, 7) is 7.20. The number of carbonyl (C=O) groups excluding carboxylic acids is 1. The van der Waals surface area contributed by atoms with Crippen molar-refractivity contribution in [2.75, 3.05) is 19.6 Å². The van der Waals surface area contributed by atoms with Crippen LogP contribution in [0.2, 0.25) is 0 Å². The third kappa shape index (κ3) is 2.90. The molecular weight excluding hydrogens is 310 g/mol. The van der Waals surface area contributed by atoms with Gasteiger partial charge in [-0.25, -0.2) is 9.97 Å². The van der Waals surface area contributed by atoms with Gasteiger partial charge in [0.1, 0.15) is 11.5 Å². The zero-order chi connectivity index (χ0) is 15.8. The zero-order valence-electron chi connectivity index (χ0n) is 13.4. The lowest BCUT2D eigenvalue weighted by Crippen LogP contribution is -2.36. The monoisotopic (exact) mass is 331 g/mol. The summed E-state index contributed by atoms with van der Waals surface area (Å²) in [7, 11) is 0. The maximum absolute atomic E-state index is 12.6. The van der Waals surface area contributed by atoms with Crippen LogP contribution >= 0.6 is 11.3 Å². The van der Waals surface area contributed by atoms with Crippen LogP contribution in [0.3, 0.4) is 0 Å². The summed E-state index contributed by atoms with van der Waals surface area (Å²) < 4.78 is 2.10. The fourth-order valence-electron chi connectivity index (χ4n) is 3.41. The van der Waals surface area contributed by atoms with Crippen molar-refractivity contribution in [2.45, 2.75) is 39.4 Å². The lowest BCUT2D eigenvalue weighted by Gasteiger charge is -2.28. The Morgan fingerprint density at radius 1 is 1.26 bits per heavy atom. The summed E-state index contributed by atoms with van der Waals surface area (Å²) in [4.78, 5) is 25.9. The molecule has 0 spiro atoms. The Labute approximate surface area is 139 Å². The highest BCUT2D eigenvalue weighted by atomic mass is 32.1. The average molecular weight is 331 g/mol. The molecule has 0 aliphatic carbocycles. The molecule has 0 unspecified atom stereocenters. The van der Waals surface area contributed by atoms with E-state index >= 15 is 0 Å². The molecule has 2 aromatic heterocycles. The molecule has 2 aliphatic heterocycles. The first-order valence-electron chi connectivity index (χ1n) is 8.18. The first-order valence-corrected chi connectivity index (χ1v) is 9.06. The Balaban J connectivity index is 1.47. The topological polar surface area (TPSA) is 54.3 Å². The van der Waals surface area contributed by atoms with Crippen LogP contribution in [0.15, 0.2) is 11.6 Å². The molecule has 23 heavy (non-hydrogen) atoms. The van der Waals surface area contributed by atoms with Crippen LogP contribution in [0.1, 0.15) is 39.9 Å². The third-order valence-corrected chi connectivity index (χ3v) is 5.43. The van der Waals surface area contributed by atoms with Crippen molar-refractivity contribution in [3.8, 4) is 0 Å². The van der Waals surface area contributed by atoms with E-state index < -0.39 is 0 Å². The molecule has 2 aliphatic rings. The van der Waals surface area contributed by atoms with Crippen molar-refractivity contribution >= 4 is 17.2 Å². The van der Waals surface area contributed by atoms with Crippen LogP contribution in [-0.2, 0) is 19.6 Å². The Morgan fingerprint density at radius 2 is 2.09 bits per heavy atom. The Kier molecular flexibility index (Phi) is 3.90. The van der Waals surface area contributed by atoms with E-state index in [4.69, 9.17) is 0 Å². The number of likely N-dealkylation sites (tertiary alicyclic amines) is 1. The van der Waals surface area contributed by atoms with Crippen molar-refractivity contribution in [1.29, 1.82) is 0 Å². The number of fused-ring (bicyclic) bond motifs is 1. The molecule has 6 nitrogen and oxygen atoms in total. The van der Waals surface area contributed by atoms with Gasteiger partial charge in [0.15, 0.2) is 0 Å². The minimum atomic E-state index is 0.143. The van der Waals surface area contributed by atoms with Gasteiger partial charge in [-0.1, -0.05) is 0 Å². The van der Waals surface area contributed by atoms with E-state index in [1.165, 1.54) is 0 Å². The molecule has 0 N–H and O–H groups in total. The van der Waals surface area contributed by atoms with Crippen LogP contribution in [0.4, 0.5) is 0 Å². The van der Waals surface area contributed by atoms with Crippen LogP contribution in [0.25, 0.3) is 0 Å². The molecule has 0 bridgehead atoms. The number of imidazole rings is 1. The number of rotatable bonds is 3. The van der Waals surface area contributed by atoms with Crippen LogP contribution in [-0.4, -0.2) is 49.9 Å². The molecule has 4 heterocycles. The average Bonchev–Trinajstić information content (AvgIpc) is 3.27. The minimum Gasteiger partial charge on any atom is -0.337 e.